The summed E-state index contributed by atoms with van der Waals surface area (Å²) in [7, 11) is 0. The lowest BCUT2D eigenvalue weighted by Gasteiger charge is -2.17. The van der Waals surface area contributed by atoms with Crippen molar-refractivity contribution < 1.29 is 9.90 Å². The summed E-state index contributed by atoms with van der Waals surface area (Å²) in [4.78, 5) is 16.3. The largest absolute Gasteiger partial charge is 0.480 e. The summed E-state index contributed by atoms with van der Waals surface area (Å²) in [5.74, 6) is -0.857. The van der Waals surface area contributed by atoms with E-state index in [2.05, 4.69) is 4.98 Å². The van der Waals surface area contributed by atoms with E-state index >= 15 is 0 Å². The van der Waals surface area contributed by atoms with E-state index < -0.39 is 5.97 Å². The van der Waals surface area contributed by atoms with E-state index in [9.17, 15) is 4.79 Å². The highest BCUT2D eigenvalue weighted by molar-refractivity contribution is 7.14. The number of nitrogens with zero attached hydrogens (tertiary/aromatic N) is 2. The Bertz CT molecular complexity index is 316. The first-order valence-electron chi connectivity index (χ1n) is 4.21. The molecular weight excluding hydrogens is 224 g/mol. The van der Waals surface area contributed by atoms with Crippen molar-refractivity contribution in [2.24, 2.45) is 0 Å². The Hall–Kier alpha value is -0.810. The molecular formula is C8H11ClN2O2S. The van der Waals surface area contributed by atoms with Crippen LogP contribution in [0.25, 0.3) is 0 Å². The van der Waals surface area contributed by atoms with Gasteiger partial charge in [-0.05, 0) is 6.42 Å². The fraction of sp³-hybridized carbons (Fsp3) is 0.500. The minimum absolute atomic E-state index is 0.0301. The number of halogens is 1. The molecule has 1 N–H and O–H groups in total. The summed E-state index contributed by atoms with van der Waals surface area (Å²) in [6, 6.07) is 0. The van der Waals surface area contributed by atoms with Crippen molar-refractivity contribution >= 4 is 34.0 Å². The molecule has 0 aliphatic rings. The Labute approximate surface area is 91.1 Å². The van der Waals surface area contributed by atoms with Crippen LogP contribution in [0.4, 0.5) is 5.13 Å². The molecule has 78 valence electrons. The van der Waals surface area contributed by atoms with E-state index in [1.807, 2.05) is 6.92 Å². The van der Waals surface area contributed by atoms with Gasteiger partial charge >= 0.3 is 5.97 Å². The van der Waals surface area contributed by atoms with Crippen LogP contribution < -0.4 is 4.90 Å². The van der Waals surface area contributed by atoms with Crippen molar-refractivity contribution in [3.05, 3.63) is 10.5 Å². The number of anilines is 1. The topological polar surface area (TPSA) is 53.4 Å². The van der Waals surface area contributed by atoms with Gasteiger partial charge in [-0.2, -0.15) is 0 Å². The molecule has 0 aliphatic carbocycles. The molecule has 1 aromatic rings. The Kier molecular flexibility index (Phi) is 4.16. The number of rotatable bonds is 5. The SMILES string of the molecule is CCCN(CC(=O)O)c1nc(Cl)cs1. The molecule has 1 rings (SSSR count). The third kappa shape index (κ3) is 3.16. The maximum Gasteiger partial charge on any atom is 0.323 e. The first kappa shape index (κ1) is 11.3. The lowest BCUT2D eigenvalue weighted by Crippen LogP contribution is -2.30. The molecule has 4 nitrogen and oxygen atoms in total. The number of hydrogen-bond donors (Lipinski definition) is 1. The monoisotopic (exact) mass is 234 g/mol. The molecule has 1 heterocycles. The van der Waals surface area contributed by atoms with E-state index in [-0.39, 0.29) is 6.54 Å². The predicted molar refractivity (Wildman–Crippen MR) is 57.3 cm³/mol. The van der Waals surface area contributed by atoms with E-state index in [1.54, 1.807) is 10.3 Å². The summed E-state index contributed by atoms with van der Waals surface area (Å²) in [6.07, 6.45) is 0.879. The maximum absolute atomic E-state index is 10.6. The molecule has 1 aromatic heterocycles. The quantitative estimate of drug-likeness (QED) is 0.848. The number of carboxylic acids is 1. The summed E-state index contributed by atoms with van der Waals surface area (Å²) in [5, 5.41) is 11.5. The summed E-state index contributed by atoms with van der Waals surface area (Å²) in [6.45, 7) is 2.64. The molecule has 0 spiro atoms. The highest BCUT2D eigenvalue weighted by Crippen LogP contribution is 2.23. The summed E-state index contributed by atoms with van der Waals surface area (Å²) < 4.78 is 0. The molecule has 0 aliphatic heterocycles. The fourth-order valence-electron chi connectivity index (χ4n) is 1.07. The van der Waals surface area contributed by atoms with Crippen molar-refractivity contribution in [3.8, 4) is 0 Å². The number of hydrogen-bond acceptors (Lipinski definition) is 4. The molecule has 6 heteroatoms. The number of carbonyl (C=O) groups is 1. The van der Waals surface area contributed by atoms with Gasteiger partial charge in [0.2, 0.25) is 0 Å². The third-order valence-electron chi connectivity index (χ3n) is 1.55. The van der Waals surface area contributed by atoms with Crippen LogP contribution in [-0.2, 0) is 4.79 Å². The number of aliphatic carboxylic acids is 1. The number of aromatic nitrogens is 1. The predicted octanol–water partition coefficient (Wildman–Crippen LogP) is 2.10. The maximum atomic E-state index is 10.6. The number of thiazole rings is 1. The van der Waals surface area contributed by atoms with E-state index in [0.717, 1.165) is 6.42 Å². The van der Waals surface area contributed by atoms with Gasteiger partial charge in [0.25, 0.3) is 0 Å². The highest BCUT2D eigenvalue weighted by atomic mass is 35.5. The second kappa shape index (κ2) is 5.17. The molecule has 0 bridgehead atoms. The standard InChI is InChI=1S/C8H11ClN2O2S/c1-2-3-11(4-7(12)13)8-10-6(9)5-14-8/h5H,2-4H2,1H3,(H,12,13). The van der Waals surface area contributed by atoms with Crippen LogP contribution in [0.3, 0.4) is 0 Å². The molecule has 0 saturated carbocycles. The van der Waals surface area contributed by atoms with Crippen LogP contribution in [-0.4, -0.2) is 29.1 Å². The van der Waals surface area contributed by atoms with Gasteiger partial charge in [-0.25, -0.2) is 4.98 Å². The first-order chi connectivity index (χ1) is 6.63. The van der Waals surface area contributed by atoms with Gasteiger partial charge in [0.15, 0.2) is 5.13 Å². The van der Waals surface area contributed by atoms with E-state index in [0.29, 0.717) is 16.8 Å². The zero-order valence-corrected chi connectivity index (χ0v) is 9.31. The second-order valence-corrected chi connectivity index (χ2v) is 3.99. The Morgan fingerprint density at radius 2 is 2.50 bits per heavy atom. The highest BCUT2D eigenvalue weighted by Gasteiger charge is 2.12. The van der Waals surface area contributed by atoms with Crippen molar-refractivity contribution in [1.82, 2.24) is 4.98 Å². The van der Waals surface area contributed by atoms with E-state index in [4.69, 9.17) is 16.7 Å². The smallest absolute Gasteiger partial charge is 0.323 e. The lowest BCUT2D eigenvalue weighted by atomic mass is 10.4. The minimum atomic E-state index is -0.857. The first-order valence-corrected chi connectivity index (χ1v) is 5.47. The second-order valence-electron chi connectivity index (χ2n) is 2.77. The fourth-order valence-corrected chi connectivity index (χ4v) is 2.04. The third-order valence-corrected chi connectivity index (χ3v) is 2.78. The van der Waals surface area contributed by atoms with Crippen LogP contribution in [0.15, 0.2) is 5.38 Å². The zero-order valence-electron chi connectivity index (χ0n) is 7.73. The van der Waals surface area contributed by atoms with Gasteiger partial charge in [-0.1, -0.05) is 18.5 Å². The summed E-state index contributed by atoms with van der Waals surface area (Å²) >= 11 is 7.03. The zero-order chi connectivity index (χ0) is 10.6. The van der Waals surface area contributed by atoms with Crippen molar-refractivity contribution in [2.75, 3.05) is 18.0 Å². The molecule has 0 amide bonds. The van der Waals surface area contributed by atoms with Crippen molar-refractivity contribution in [1.29, 1.82) is 0 Å². The average molecular weight is 235 g/mol. The molecule has 0 radical (unpaired) electrons. The molecule has 0 aromatic carbocycles. The molecule has 0 atom stereocenters. The van der Waals surface area contributed by atoms with Crippen molar-refractivity contribution in [2.45, 2.75) is 13.3 Å². The van der Waals surface area contributed by atoms with Crippen LogP contribution >= 0.6 is 22.9 Å². The van der Waals surface area contributed by atoms with Gasteiger partial charge in [0, 0.05) is 11.9 Å². The molecule has 0 unspecified atom stereocenters. The normalized spacial score (nSPS) is 10.1. The minimum Gasteiger partial charge on any atom is -0.480 e. The Balaban J connectivity index is 2.71. The molecule has 14 heavy (non-hydrogen) atoms. The van der Waals surface area contributed by atoms with Crippen LogP contribution in [0.2, 0.25) is 5.15 Å². The van der Waals surface area contributed by atoms with Crippen LogP contribution in [0.5, 0.6) is 0 Å². The van der Waals surface area contributed by atoms with Gasteiger partial charge in [-0.15, -0.1) is 11.3 Å². The molecule has 0 fully saturated rings. The van der Waals surface area contributed by atoms with Crippen LogP contribution in [0, 0.1) is 0 Å². The van der Waals surface area contributed by atoms with E-state index in [1.165, 1.54) is 11.3 Å². The molecule has 0 saturated heterocycles. The van der Waals surface area contributed by atoms with Gasteiger partial charge < -0.3 is 10.0 Å². The lowest BCUT2D eigenvalue weighted by molar-refractivity contribution is -0.135. The van der Waals surface area contributed by atoms with Gasteiger partial charge in [0.05, 0.1) is 0 Å². The number of carboxylic acid groups (broad SMARTS) is 1. The van der Waals surface area contributed by atoms with Gasteiger partial charge in [-0.3, -0.25) is 4.79 Å². The Morgan fingerprint density at radius 3 is 2.93 bits per heavy atom. The van der Waals surface area contributed by atoms with Crippen molar-refractivity contribution in [3.63, 3.8) is 0 Å². The van der Waals surface area contributed by atoms with Crippen LogP contribution in [0.1, 0.15) is 13.3 Å². The Morgan fingerprint density at radius 1 is 1.79 bits per heavy atom. The average Bonchev–Trinajstić information content (AvgIpc) is 2.50. The van der Waals surface area contributed by atoms with Gasteiger partial charge in [0.1, 0.15) is 11.7 Å². The summed E-state index contributed by atoms with van der Waals surface area (Å²) in [5.41, 5.74) is 0.